The lowest BCUT2D eigenvalue weighted by atomic mass is 10.0. The number of para-hydroxylation sites is 1. The molecule has 3 aromatic rings. The number of benzene rings is 2. The molecule has 1 heterocycles. The molecule has 0 aliphatic heterocycles. The first-order valence-corrected chi connectivity index (χ1v) is 13.8. The van der Waals surface area contributed by atoms with Crippen LogP contribution < -0.4 is 4.74 Å². The zero-order valence-electron chi connectivity index (χ0n) is 22.8. The van der Waals surface area contributed by atoms with Gasteiger partial charge in [0.05, 0.1) is 20.3 Å². The molecule has 0 saturated heterocycles. The van der Waals surface area contributed by atoms with Gasteiger partial charge in [0.2, 0.25) is 11.8 Å². The van der Waals surface area contributed by atoms with Gasteiger partial charge in [0.15, 0.2) is 0 Å². The minimum atomic E-state index is -0.0500. The Morgan fingerprint density at radius 1 is 0.947 bits per heavy atom. The highest BCUT2D eigenvalue weighted by atomic mass is 16.5. The molecule has 0 radical (unpaired) electrons. The SMILES string of the molecule is COCCN(CC(=O)N(CCc1c[nH]c2ccccc12)Cc1ccc(OC)cc1)C(=O)CCC1CCCC1. The third-order valence-corrected chi connectivity index (χ3v) is 7.70. The molecule has 1 saturated carbocycles. The molecular weight excluding hydrogens is 478 g/mol. The summed E-state index contributed by atoms with van der Waals surface area (Å²) in [5, 5.41) is 1.17. The number of H-pyrrole nitrogens is 1. The fraction of sp³-hybridized carbons (Fsp3) is 0.484. The van der Waals surface area contributed by atoms with Crippen LogP contribution in [0, 0.1) is 5.92 Å². The summed E-state index contributed by atoms with van der Waals surface area (Å²) >= 11 is 0. The Morgan fingerprint density at radius 3 is 2.45 bits per heavy atom. The second-order valence-corrected chi connectivity index (χ2v) is 10.3. The maximum absolute atomic E-state index is 13.7. The first-order valence-electron chi connectivity index (χ1n) is 13.8. The van der Waals surface area contributed by atoms with Crippen molar-refractivity contribution in [1.29, 1.82) is 0 Å². The molecular formula is C31H41N3O4. The first-order chi connectivity index (χ1) is 18.6. The standard InChI is InChI=1S/C31H41N3O4/c1-37-20-19-34(30(35)16-13-24-7-3-4-8-24)23-31(36)33(22-25-11-14-27(38-2)15-12-25)18-17-26-21-32-29-10-6-5-9-28(26)29/h5-6,9-12,14-15,21,24,32H,3-4,7-8,13,16-20,22-23H2,1-2H3. The van der Waals surface area contributed by atoms with Gasteiger partial charge in [0.25, 0.3) is 0 Å². The molecule has 1 aliphatic carbocycles. The van der Waals surface area contributed by atoms with E-state index >= 15 is 0 Å². The molecule has 38 heavy (non-hydrogen) atoms. The van der Waals surface area contributed by atoms with E-state index in [-0.39, 0.29) is 18.4 Å². The van der Waals surface area contributed by atoms with E-state index < -0.39 is 0 Å². The van der Waals surface area contributed by atoms with Crippen LogP contribution in [0.5, 0.6) is 5.75 Å². The van der Waals surface area contributed by atoms with Crippen molar-refractivity contribution in [2.24, 2.45) is 5.92 Å². The molecule has 0 bridgehead atoms. The Kier molecular flexibility index (Phi) is 10.2. The van der Waals surface area contributed by atoms with E-state index in [4.69, 9.17) is 9.47 Å². The van der Waals surface area contributed by atoms with Gasteiger partial charge < -0.3 is 24.3 Å². The molecule has 4 rings (SSSR count). The number of fused-ring (bicyclic) bond motifs is 1. The average molecular weight is 520 g/mol. The summed E-state index contributed by atoms with van der Waals surface area (Å²) in [7, 11) is 3.27. The Balaban J connectivity index is 1.46. The number of aromatic nitrogens is 1. The van der Waals surface area contributed by atoms with Crippen LogP contribution in [-0.4, -0.2) is 67.1 Å². The predicted octanol–water partition coefficient (Wildman–Crippen LogP) is 5.19. The van der Waals surface area contributed by atoms with Gasteiger partial charge in [-0.15, -0.1) is 0 Å². The van der Waals surface area contributed by atoms with E-state index in [0.29, 0.717) is 38.6 Å². The molecule has 204 valence electrons. The number of rotatable bonds is 14. The topological polar surface area (TPSA) is 74.9 Å². The van der Waals surface area contributed by atoms with Crippen molar-refractivity contribution >= 4 is 22.7 Å². The monoisotopic (exact) mass is 519 g/mol. The smallest absolute Gasteiger partial charge is 0.242 e. The molecule has 0 unspecified atom stereocenters. The minimum Gasteiger partial charge on any atom is -0.497 e. The summed E-state index contributed by atoms with van der Waals surface area (Å²) in [6.45, 7) is 1.93. The van der Waals surface area contributed by atoms with Gasteiger partial charge >= 0.3 is 0 Å². The molecule has 1 N–H and O–H groups in total. The summed E-state index contributed by atoms with van der Waals surface area (Å²) in [5.74, 6) is 1.42. The number of carbonyl (C=O) groups is 2. The van der Waals surface area contributed by atoms with Gasteiger partial charge in [-0.25, -0.2) is 0 Å². The highest BCUT2D eigenvalue weighted by Gasteiger charge is 2.23. The number of nitrogens with one attached hydrogen (secondary N) is 1. The molecule has 1 fully saturated rings. The third-order valence-electron chi connectivity index (χ3n) is 7.70. The van der Waals surface area contributed by atoms with Crippen molar-refractivity contribution < 1.29 is 19.1 Å². The maximum atomic E-state index is 13.7. The van der Waals surface area contributed by atoms with E-state index in [9.17, 15) is 9.59 Å². The van der Waals surface area contributed by atoms with Crippen LogP contribution in [0.4, 0.5) is 0 Å². The molecule has 1 aromatic heterocycles. The number of ether oxygens (including phenoxy) is 2. The number of carbonyl (C=O) groups excluding carboxylic acids is 2. The van der Waals surface area contributed by atoms with Gasteiger partial charge in [-0.1, -0.05) is 56.0 Å². The summed E-state index contributed by atoms with van der Waals surface area (Å²) < 4.78 is 10.6. The molecule has 0 spiro atoms. The van der Waals surface area contributed by atoms with Crippen LogP contribution in [0.1, 0.15) is 49.7 Å². The van der Waals surface area contributed by atoms with E-state index in [1.807, 2.05) is 47.5 Å². The lowest BCUT2D eigenvalue weighted by Crippen LogP contribution is -2.44. The summed E-state index contributed by atoms with van der Waals surface area (Å²) in [5.41, 5.74) is 3.29. The summed E-state index contributed by atoms with van der Waals surface area (Å²) in [6, 6.07) is 16.0. The van der Waals surface area contributed by atoms with Crippen molar-refractivity contribution in [1.82, 2.24) is 14.8 Å². The summed E-state index contributed by atoms with van der Waals surface area (Å²) in [4.78, 5) is 33.7. The number of nitrogens with zero attached hydrogens (tertiary/aromatic N) is 2. The molecule has 0 atom stereocenters. The summed E-state index contributed by atoms with van der Waals surface area (Å²) in [6.07, 6.45) is 9.12. The van der Waals surface area contributed by atoms with Crippen molar-refractivity contribution in [3.05, 3.63) is 65.9 Å². The fourth-order valence-electron chi connectivity index (χ4n) is 5.38. The van der Waals surface area contributed by atoms with Crippen molar-refractivity contribution in [3.8, 4) is 5.75 Å². The maximum Gasteiger partial charge on any atom is 0.242 e. The van der Waals surface area contributed by atoms with E-state index in [1.54, 1.807) is 19.1 Å². The van der Waals surface area contributed by atoms with Crippen LogP contribution in [-0.2, 0) is 27.3 Å². The lowest BCUT2D eigenvalue weighted by Gasteiger charge is -2.28. The van der Waals surface area contributed by atoms with Crippen LogP contribution in [0.2, 0.25) is 0 Å². The molecule has 7 nitrogen and oxygen atoms in total. The Labute approximate surface area is 226 Å². The van der Waals surface area contributed by atoms with Gasteiger partial charge in [-0.2, -0.15) is 0 Å². The Hall–Kier alpha value is -3.32. The predicted molar refractivity (Wildman–Crippen MR) is 150 cm³/mol. The van der Waals surface area contributed by atoms with Crippen LogP contribution in [0.3, 0.4) is 0 Å². The number of methoxy groups -OCH3 is 2. The van der Waals surface area contributed by atoms with Crippen molar-refractivity contribution in [3.63, 3.8) is 0 Å². The number of hydrogen-bond donors (Lipinski definition) is 1. The lowest BCUT2D eigenvalue weighted by molar-refractivity contribution is -0.141. The van der Waals surface area contributed by atoms with Crippen molar-refractivity contribution in [2.45, 2.75) is 51.5 Å². The largest absolute Gasteiger partial charge is 0.497 e. The van der Waals surface area contributed by atoms with Crippen LogP contribution in [0.15, 0.2) is 54.7 Å². The zero-order valence-corrected chi connectivity index (χ0v) is 22.8. The van der Waals surface area contributed by atoms with Crippen LogP contribution in [0.25, 0.3) is 10.9 Å². The van der Waals surface area contributed by atoms with Gasteiger partial charge in [-0.05, 0) is 48.1 Å². The Morgan fingerprint density at radius 2 is 1.71 bits per heavy atom. The van der Waals surface area contributed by atoms with Gasteiger partial charge in [0, 0.05) is 50.3 Å². The zero-order chi connectivity index (χ0) is 26.7. The minimum absolute atomic E-state index is 0.0447. The highest BCUT2D eigenvalue weighted by Crippen LogP contribution is 2.28. The van der Waals surface area contributed by atoms with Gasteiger partial charge in [-0.3, -0.25) is 9.59 Å². The van der Waals surface area contributed by atoms with Crippen molar-refractivity contribution in [2.75, 3.05) is 40.5 Å². The number of aromatic amines is 1. The molecule has 7 heteroatoms. The van der Waals surface area contributed by atoms with E-state index in [1.165, 1.54) is 36.6 Å². The highest BCUT2D eigenvalue weighted by molar-refractivity contribution is 5.85. The van der Waals surface area contributed by atoms with Gasteiger partial charge in [0.1, 0.15) is 5.75 Å². The molecule has 1 aliphatic rings. The number of amides is 2. The van der Waals surface area contributed by atoms with E-state index in [0.717, 1.165) is 29.7 Å². The first kappa shape index (κ1) is 27.7. The molecule has 2 amide bonds. The fourth-order valence-corrected chi connectivity index (χ4v) is 5.38. The average Bonchev–Trinajstić information content (AvgIpc) is 3.62. The van der Waals surface area contributed by atoms with E-state index in [2.05, 4.69) is 17.1 Å². The second-order valence-electron chi connectivity index (χ2n) is 10.3. The quantitative estimate of drug-likeness (QED) is 0.318. The number of hydrogen-bond acceptors (Lipinski definition) is 4. The third kappa shape index (κ3) is 7.60. The molecule has 2 aromatic carbocycles. The Bertz CT molecular complexity index is 1170. The second kappa shape index (κ2) is 14.0. The normalized spacial score (nSPS) is 13.6. The van der Waals surface area contributed by atoms with Crippen LogP contribution >= 0.6 is 0 Å².